The molecular weight excluding hydrogens is 248 g/mol. The highest BCUT2D eigenvalue weighted by molar-refractivity contribution is 5.71. The Labute approximate surface area is 111 Å². The van der Waals surface area contributed by atoms with Crippen LogP contribution in [0.5, 0.6) is 0 Å². The van der Waals surface area contributed by atoms with E-state index < -0.39 is 17.9 Å². The summed E-state index contributed by atoms with van der Waals surface area (Å²) in [4.78, 5) is 27.4. The van der Waals surface area contributed by atoms with Gasteiger partial charge in [-0.25, -0.2) is 4.98 Å². The second-order valence-electron chi connectivity index (χ2n) is 4.52. The van der Waals surface area contributed by atoms with Crippen LogP contribution >= 0.6 is 0 Å². The number of nitrogens with zero attached hydrogens (tertiary/aromatic N) is 2. The van der Waals surface area contributed by atoms with Gasteiger partial charge in [-0.15, -0.1) is 0 Å². The fourth-order valence-corrected chi connectivity index (χ4v) is 1.63. The predicted octanol–water partition coefficient (Wildman–Crippen LogP) is 1.39. The average molecular weight is 266 g/mol. The lowest BCUT2D eigenvalue weighted by molar-refractivity contribution is -0.140. The molecule has 6 nitrogen and oxygen atoms in total. The minimum Gasteiger partial charge on any atom is -0.481 e. The van der Waals surface area contributed by atoms with Crippen molar-refractivity contribution in [3.05, 3.63) is 23.9 Å². The molecular formula is C13H18N2O4. The van der Waals surface area contributed by atoms with Crippen LogP contribution in [0.1, 0.15) is 18.9 Å². The normalized spacial score (nSPS) is 11.9. The number of pyridine rings is 1. The number of aromatic nitrogens is 1. The smallest absolute Gasteiger partial charge is 0.308 e. The van der Waals surface area contributed by atoms with E-state index in [0.717, 1.165) is 5.56 Å². The van der Waals surface area contributed by atoms with Gasteiger partial charge in [-0.2, -0.15) is 0 Å². The van der Waals surface area contributed by atoms with Gasteiger partial charge in [0.05, 0.1) is 12.3 Å². The summed E-state index contributed by atoms with van der Waals surface area (Å²) in [7, 11) is 0. The maximum absolute atomic E-state index is 10.9. The third-order valence-corrected chi connectivity index (χ3v) is 2.74. The van der Waals surface area contributed by atoms with Crippen molar-refractivity contribution in [1.82, 2.24) is 4.98 Å². The number of aliphatic carboxylic acids is 2. The fourth-order valence-electron chi connectivity index (χ4n) is 1.63. The summed E-state index contributed by atoms with van der Waals surface area (Å²) in [5, 5.41) is 17.7. The molecule has 0 aliphatic carbocycles. The largest absolute Gasteiger partial charge is 0.481 e. The van der Waals surface area contributed by atoms with Gasteiger partial charge in [-0.05, 0) is 24.6 Å². The van der Waals surface area contributed by atoms with Crippen molar-refractivity contribution in [2.45, 2.75) is 20.3 Å². The van der Waals surface area contributed by atoms with E-state index in [1.54, 1.807) is 18.0 Å². The second kappa shape index (κ2) is 6.72. The Morgan fingerprint density at radius 1 is 1.42 bits per heavy atom. The van der Waals surface area contributed by atoms with Crippen molar-refractivity contribution in [3.8, 4) is 0 Å². The van der Waals surface area contributed by atoms with Crippen LogP contribution in [-0.4, -0.2) is 40.2 Å². The molecule has 1 unspecified atom stereocenters. The van der Waals surface area contributed by atoms with Gasteiger partial charge in [0, 0.05) is 19.3 Å². The zero-order valence-corrected chi connectivity index (χ0v) is 11.0. The maximum Gasteiger partial charge on any atom is 0.308 e. The molecule has 0 aliphatic heterocycles. The van der Waals surface area contributed by atoms with E-state index in [0.29, 0.717) is 5.82 Å². The van der Waals surface area contributed by atoms with Gasteiger partial charge < -0.3 is 15.1 Å². The van der Waals surface area contributed by atoms with Crippen molar-refractivity contribution in [2.24, 2.45) is 5.92 Å². The number of carboxylic acids is 2. The monoisotopic (exact) mass is 266 g/mol. The van der Waals surface area contributed by atoms with Crippen molar-refractivity contribution in [2.75, 3.05) is 18.0 Å². The van der Waals surface area contributed by atoms with Crippen LogP contribution in [-0.2, 0) is 9.59 Å². The van der Waals surface area contributed by atoms with Gasteiger partial charge in [-0.3, -0.25) is 9.59 Å². The first-order chi connectivity index (χ1) is 8.90. The molecule has 19 heavy (non-hydrogen) atoms. The Bertz CT molecular complexity index is 462. The van der Waals surface area contributed by atoms with Gasteiger partial charge >= 0.3 is 11.9 Å². The van der Waals surface area contributed by atoms with E-state index in [1.165, 1.54) is 0 Å². The zero-order valence-electron chi connectivity index (χ0n) is 11.0. The molecule has 0 aromatic carbocycles. The molecule has 0 fully saturated rings. The summed E-state index contributed by atoms with van der Waals surface area (Å²) in [5.41, 5.74) is 0.994. The molecule has 1 rings (SSSR count). The van der Waals surface area contributed by atoms with Crippen molar-refractivity contribution in [1.29, 1.82) is 0 Å². The minimum absolute atomic E-state index is 0.0536. The molecule has 1 heterocycles. The number of carboxylic acid groups (broad SMARTS) is 2. The molecule has 104 valence electrons. The Kier molecular flexibility index (Phi) is 5.29. The lowest BCUT2D eigenvalue weighted by atomic mass is 10.1. The second-order valence-corrected chi connectivity index (χ2v) is 4.52. The van der Waals surface area contributed by atoms with Crippen LogP contribution in [0.25, 0.3) is 0 Å². The molecule has 6 heteroatoms. The van der Waals surface area contributed by atoms with E-state index >= 15 is 0 Å². The summed E-state index contributed by atoms with van der Waals surface area (Å²) in [6.45, 7) is 3.97. The number of anilines is 1. The van der Waals surface area contributed by atoms with E-state index in [4.69, 9.17) is 10.2 Å². The third-order valence-electron chi connectivity index (χ3n) is 2.74. The van der Waals surface area contributed by atoms with Gasteiger partial charge in [0.1, 0.15) is 5.82 Å². The van der Waals surface area contributed by atoms with Crippen molar-refractivity contribution >= 4 is 17.8 Å². The van der Waals surface area contributed by atoms with E-state index in [1.807, 2.05) is 19.1 Å². The summed E-state index contributed by atoms with van der Waals surface area (Å²) in [6, 6.07) is 3.65. The van der Waals surface area contributed by atoms with Gasteiger partial charge in [0.15, 0.2) is 0 Å². The standard InChI is InChI=1S/C13H18N2O4/c1-9-3-5-14-11(7-9)15(6-4-12(16)17)8-10(2)13(18)19/h3,5,7,10H,4,6,8H2,1-2H3,(H,16,17)(H,18,19). The molecule has 0 spiro atoms. The number of hydrogen-bond acceptors (Lipinski definition) is 4. The number of carbonyl (C=O) groups is 2. The number of rotatable bonds is 7. The van der Waals surface area contributed by atoms with E-state index in [9.17, 15) is 9.59 Å². The number of hydrogen-bond donors (Lipinski definition) is 2. The van der Waals surface area contributed by atoms with Crippen LogP contribution in [0.2, 0.25) is 0 Å². The minimum atomic E-state index is -0.916. The average Bonchev–Trinajstić information content (AvgIpc) is 2.33. The lowest BCUT2D eigenvalue weighted by Crippen LogP contribution is -2.34. The molecule has 0 saturated heterocycles. The van der Waals surface area contributed by atoms with Gasteiger partial charge in [0.25, 0.3) is 0 Å². The van der Waals surface area contributed by atoms with E-state index in [2.05, 4.69) is 4.98 Å². The molecule has 0 amide bonds. The predicted molar refractivity (Wildman–Crippen MR) is 70.2 cm³/mol. The van der Waals surface area contributed by atoms with Crippen molar-refractivity contribution < 1.29 is 19.8 Å². The first kappa shape index (κ1) is 14.9. The van der Waals surface area contributed by atoms with Crippen LogP contribution in [0.4, 0.5) is 5.82 Å². The maximum atomic E-state index is 10.9. The molecule has 0 bridgehead atoms. The molecule has 0 radical (unpaired) electrons. The van der Waals surface area contributed by atoms with Crippen LogP contribution in [0.3, 0.4) is 0 Å². The quantitative estimate of drug-likeness (QED) is 0.775. The Hall–Kier alpha value is -2.11. The first-order valence-corrected chi connectivity index (χ1v) is 6.02. The Balaban J connectivity index is 2.85. The highest BCUT2D eigenvalue weighted by atomic mass is 16.4. The molecule has 1 aromatic rings. The summed E-state index contributed by atoms with van der Waals surface area (Å²) in [5.74, 6) is -1.81. The highest BCUT2D eigenvalue weighted by Crippen LogP contribution is 2.15. The van der Waals surface area contributed by atoms with E-state index in [-0.39, 0.29) is 19.5 Å². The van der Waals surface area contributed by atoms with Gasteiger partial charge in [0.2, 0.25) is 0 Å². The molecule has 1 atom stereocenters. The van der Waals surface area contributed by atoms with Gasteiger partial charge in [-0.1, -0.05) is 6.92 Å². The first-order valence-electron chi connectivity index (χ1n) is 6.02. The lowest BCUT2D eigenvalue weighted by Gasteiger charge is -2.25. The highest BCUT2D eigenvalue weighted by Gasteiger charge is 2.18. The van der Waals surface area contributed by atoms with Crippen LogP contribution in [0.15, 0.2) is 18.3 Å². The topological polar surface area (TPSA) is 90.7 Å². The zero-order chi connectivity index (χ0) is 14.4. The third kappa shape index (κ3) is 4.95. The molecule has 2 N–H and O–H groups in total. The van der Waals surface area contributed by atoms with Crippen LogP contribution in [0, 0.1) is 12.8 Å². The Morgan fingerprint density at radius 2 is 2.11 bits per heavy atom. The van der Waals surface area contributed by atoms with Crippen LogP contribution < -0.4 is 4.90 Å². The fraction of sp³-hybridized carbons (Fsp3) is 0.462. The number of aryl methyl sites for hydroxylation is 1. The summed E-state index contributed by atoms with van der Waals surface area (Å²) in [6.07, 6.45) is 1.58. The molecule has 0 saturated carbocycles. The summed E-state index contributed by atoms with van der Waals surface area (Å²) >= 11 is 0. The Morgan fingerprint density at radius 3 is 2.63 bits per heavy atom. The molecule has 0 aliphatic rings. The molecule has 1 aromatic heterocycles. The van der Waals surface area contributed by atoms with Crippen molar-refractivity contribution in [3.63, 3.8) is 0 Å². The SMILES string of the molecule is Cc1ccnc(N(CCC(=O)O)CC(C)C(=O)O)c1. The summed E-state index contributed by atoms with van der Waals surface area (Å²) < 4.78 is 0.